The molecule has 0 aliphatic heterocycles. The summed E-state index contributed by atoms with van der Waals surface area (Å²) < 4.78 is 1.17. The molecule has 4 heteroatoms. The Kier molecular flexibility index (Phi) is 3.27. The molecular formula is C13H13BrN2S. The molecule has 2 nitrogen and oxygen atoms in total. The summed E-state index contributed by atoms with van der Waals surface area (Å²) in [4.78, 5) is 5.85. The Balaban J connectivity index is 1.68. The van der Waals surface area contributed by atoms with E-state index in [9.17, 15) is 0 Å². The molecule has 1 N–H and O–H groups in total. The number of hydrogen-bond acceptors (Lipinski definition) is 3. The van der Waals surface area contributed by atoms with E-state index in [2.05, 4.69) is 43.7 Å². The van der Waals surface area contributed by atoms with Crippen molar-refractivity contribution in [2.45, 2.75) is 25.4 Å². The number of rotatable bonds is 3. The van der Waals surface area contributed by atoms with E-state index in [-0.39, 0.29) is 0 Å². The Morgan fingerprint density at radius 1 is 1.53 bits per heavy atom. The molecule has 1 aliphatic rings. The van der Waals surface area contributed by atoms with Crippen molar-refractivity contribution >= 4 is 27.3 Å². The van der Waals surface area contributed by atoms with Crippen molar-refractivity contribution in [2.24, 2.45) is 0 Å². The maximum atomic E-state index is 4.49. The van der Waals surface area contributed by atoms with E-state index in [1.807, 2.05) is 12.3 Å². The Bertz CT molecular complexity index is 524. The molecule has 0 spiro atoms. The fraction of sp³-hybridized carbons (Fsp3) is 0.308. The van der Waals surface area contributed by atoms with Gasteiger partial charge < -0.3 is 5.32 Å². The Hall–Kier alpha value is -0.710. The zero-order chi connectivity index (χ0) is 11.7. The molecule has 1 atom stereocenters. The van der Waals surface area contributed by atoms with Gasteiger partial charge in [-0.1, -0.05) is 6.07 Å². The van der Waals surface area contributed by atoms with Gasteiger partial charge in [-0.05, 0) is 46.5 Å². The lowest BCUT2D eigenvalue weighted by Crippen LogP contribution is -2.18. The molecule has 0 aromatic carbocycles. The maximum absolute atomic E-state index is 4.49. The molecule has 3 rings (SSSR count). The lowest BCUT2D eigenvalue weighted by atomic mass is 10.2. The lowest BCUT2D eigenvalue weighted by Gasteiger charge is -2.11. The van der Waals surface area contributed by atoms with Crippen molar-refractivity contribution in [2.75, 3.05) is 0 Å². The van der Waals surface area contributed by atoms with Gasteiger partial charge in [0.05, 0.1) is 11.7 Å². The van der Waals surface area contributed by atoms with Crippen LogP contribution < -0.4 is 5.32 Å². The fourth-order valence-electron chi connectivity index (χ4n) is 2.28. The molecule has 17 heavy (non-hydrogen) atoms. The Labute approximate surface area is 113 Å². The first-order chi connectivity index (χ1) is 8.33. The third kappa shape index (κ3) is 2.44. The minimum atomic E-state index is 0.423. The standard InChI is InChI=1S/C13H13BrN2S/c14-10-6-11(17-8-10)7-16-12-4-3-9-2-1-5-15-13(9)12/h1-2,5-6,8,12,16H,3-4,7H2. The third-order valence-corrected chi connectivity index (χ3v) is 4.80. The van der Waals surface area contributed by atoms with Gasteiger partial charge in [-0.2, -0.15) is 0 Å². The van der Waals surface area contributed by atoms with Crippen LogP contribution in [0, 0.1) is 0 Å². The molecule has 0 saturated carbocycles. The van der Waals surface area contributed by atoms with E-state index in [4.69, 9.17) is 0 Å². The van der Waals surface area contributed by atoms with E-state index >= 15 is 0 Å². The highest BCUT2D eigenvalue weighted by Gasteiger charge is 2.22. The van der Waals surface area contributed by atoms with Crippen LogP contribution in [0.5, 0.6) is 0 Å². The smallest absolute Gasteiger partial charge is 0.0605 e. The average molecular weight is 309 g/mol. The summed E-state index contributed by atoms with van der Waals surface area (Å²) in [6, 6.07) is 6.81. The van der Waals surface area contributed by atoms with Gasteiger partial charge in [0.25, 0.3) is 0 Å². The second-order valence-corrected chi connectivity index (χ2v) is 6.16. The number of fused-ring (bicyclic) bond motifs is 1. The van der Waals surface area contributed by atoms with Crippen LogP contribution in [0.1, 0.15) is 28.6 Å². The molecular weight excluding hydrogens is 296 g/mol. The zero-order valence-electron chi connectivity index (χ0n) is 9.32. The maximum Gasteiger partial charge on any atom is 0.0605 e. The van der Waals surface area contributed by atoms with Gasteiger partial charge in [-0.3, -0.25) is 4.98 Å². The minimum Gasteiger partial charge on any atom is -0.304 e. The van der Waals surface area contributed by atoms with E-state index < -0.39 is 0 Å². The van der Waals surface area contributed by atoms with Gasteiger partial charge >= 0.3 is 0 Å². The van der Waals surface area contributed by atoms with E-state index in [1.165, 1.54) is 27.0 Å². The summed E-state index contributed by atoms with van der Waals surface area (Å²) >= 11 is 5.27. The van der Waals surface area contributed by atoms with E-state index in [1.54, 1.807) is 11.3 Å². The van der Waals surface area contributed by atoms with Crippen molar-refractivity contribution < 1.29 is 0 Å². The van der Waals surface area contributed by atoms with Crippen molar-refractivity contribution in [1.82, 2.24) is 10.3 Å². The van der Waals surface area contributed by atoms with E-state index in [0.717, 1.165) is 13.0 Å². The van der Waals surface area contributed by atoms with Crippen LogP contribution >= 0.6 is 27.3 Å². The largest absolute Gasteiger partial charge is 0.304 e. The first-order valence-corrected chi connectivity index (χ1v) is 7.40. The van der Waals surface area contributed by atoms with E-state index in [0.29, 0.717) is 6.04 Å². The molecule has 2 heterocycles. The second kappa shape index (κ2) is 4.88. The molecule has 88 valence electrons. The molecule has 0 bridgehead atoms. The number of pyridine rings is 1. The molecule has 1 aliphatic carbocycles. The van der Waals surface area contributed by atoms with Crippen molar-refractivity contribution in [1.29, 1.82) is 0 Å². The van der Waals surface area contributed by atoms with Crippen LogP contribution in [-0.2, 0) is 13.0 Å². The second-order valence-electron chi connectivity index (χ2n) is 4.25. The van der Waals surface area contributed by atoms with Crippen LogP contribution in [0.15, 0.2) is 34.2 Å². The summed E-state index contributed by atoms with van der Waals surface area (Å²) in [5, 5.41) is 5.72. The first kappa shape index (κ1) is 11.4. The number of thiophene rings is 1. The quantitative estimate of drug-likeness (QED) is 0.935. The van der Waals surface area contributed by atoms with Crippen LogP contribution in [0.2, 0.25) is 0 Å². The highest BCUT2D eigenvalue weighted by Crippen LogP contribution is 2.29. The Morgan fingerprint density at radius 2 is 2.47 bits per heavy atom. The van der Waals surface area contributed by atoms with Gasteiger partial charge in [0, 0.05) is 27.5 Å². The van der Waals surface area contributed by atoms with Crippen molar-refractivity contribution in [3.8, 4) is 0 Å². The topological polar surface area (TPSA) is 24.9 Å². The average Bonchev–Trinajstić information content (AvgIpc) is 2.93. The van der Waals surface area contributed by atoms with Crippen molar-refractivity contribution in [3.63, 3.8) is 0 Å². The minimum absolute atomic E-state index is 0.423. The summed E-state index contributed by atoms with van der Waals surface area (Å²) in [7, 11) is 0. The van der Waals surface area contributed by atoms with Gasteiger partial charge in [0.15, 0.2) is 0 Å². The number of nitrogens with one attached hydrogen (secondary N) is 1. The third-order valence-electron chi connectivity index (χ3n) is 3.10. The molecule has 2 aromatic heterocycles. The molecule has 1 unspecified atom stereocenters. The van der Waals surface area contributed by atoms with Gasteiger partial charge in [0.1, 0.15) is 0 Å². The number of halogens is 1. The van der Waals surface area contributed by atoms with Crippen LogP contribution in [0.3, 0.4) is 0 Å². The van der Waals surface area contributed by atoms with Gasteiger partial charge in [0.2, 0.25) is 0 Å². The first-order valence-electron chi connectivity index (χ1n) is 5.73. The molecule has 0 fully saturated rings. The van der Waals surface area contributed by atoms with Crippen LogP contribution in [0.25, 0.3) is 0 Å². The van der Waals surface area contributed by atoms with Crippen LogP contribution in [0.4, 0.5) is 0 Å². The van der Waals surface area contributed by atoms with Gasteiger partial charge in [-0.15, -0.1) is 11.3 Å². The fourth-order valence-corrected chi connectivity index (χ4v) is 3.68. The lowest BCUT2D eigenvalue weighted by molar-refractivity contribution is 0.524. The molecule has 0 radical (unpaired) electrons. The zero-order valence-corrected chi connectivity index (χ0v) is 11.7. The summed E-state index contributed by atoms with van der Waals surface area (Å²) in [6.07, 6.45) is 4.20. The molecule has 2 aromatic rings. The predicted molar refractivity (Wildman–Crippen MR) is 74.2 cm³/mol. The number of aryl methyl sites for hydroxylation is 1. The molecule has 0 amide bonds. The predicted octanol–water partition coefficient (Wildman–Crippen LogP) is 3.68. The summed E-state index contributed by atoms with van der Waals surface area (Å²) in [5.74, 6) is 0. The van der Waals surface area contributed by atoms with Crippen LogP contribution in [-0.4, -0.2) is 4.98 Å². The SMILES string of the molecule is Brc1csc(CNC2CCc3cccnc32)c1. The highest BCUT2D eigenvalue weighted by molar-refractivity contribution is 9.10. The summed E-state index contributed by atoms with van der Waals surface area (Å²) in [5.41, 5.74) is 2.64. The van der Waals surface area contributed by atoms with Gasteiger partial charge in [-0.25, -0.2) is 0 Å². The number of nitrogens with zero attached hydrogens (tertiary/aromatic N) is 1. The monoisotopic (exact) mass is 308 g/mol. The number of aromatic nitrogens is 1. The number of hydrogen-bond donors (Lipinski definition) is 1. The van der Waals surface area contributed by atoms with Crippen molar-refractivity contribution in [3.05, 3.63) is 50.4 Å². The Morgan fingerprint density at radius 3 is 3.29 bits per heavy atom. The summed E-state index contributed by atoms with van der Waals surface area (Å²) in [6.45, 7) is 0.928. The highest BCUT2D eigenvalue weighted by atomic mass is 79.9. The normalized spacial score (nSPS) is 18.3. The molecule has 0 saturated heterocycles.